The Balaban J connectivity index is 2.34. The van der Waals surface area contributed by atoms with Crippen LogP contribution in [0.3, 0.4) is 0 Å². The van der Waals surface area contributed by atoms with E-state index in [0.29, 0.717) is 6.42 Å². The van der Waals surface area contributed by atoms with E-state index in [1.165, 1.54) is 37.6 Å². The van der Waals surface area contributed by atoms with Gasteiger partial charge in [0.15, 0.2) is 0 Å². The first-order chi connectivity index (χ1) is 9.65. The molecule has 1 amide bonds. The summed E-state index contributed by atoms with van der Waals surface area (Å²) in [5.74, 6) is -1.15. The third-order valence-electron chi connectivity index (χ3n) is 3.05. The van der Waals surface area contributed by atoms with Crippen molar-refractivity contribution >= 4 is 17.7 Å². The lowest BCUT2D eigenvalue weighted by Gasteiger charge is -2.07. The molecule has 0 unspecified atom stereocenters. The summed E-state index contributed by atoms with van der Waals surface area (Å²) in [7, 11) is 0. The topological polar surface area (TPSA) is 79.3 Å². The molecule has 1 aromatic heterocycles. The monoisotopic (exact) mass is 278 g/mol. The van der Waals surface area contributed by atoms with Crippen molar-refractivity contribution in [3.63, 3.8) is 0 Å². The zero-order valence-electron chi connectivity index (χ0n) is 11.9. The molecule has 0 radical (unpaired) electrons. The first kappa shape index (κ1) is 16.1. The van der Waals surface area contributed by atoms with Crippen LogP contribution in [-0.4, -0.2) is 22.0 Å². The molecule has 0 aliphatic carbocycles. The molecule has 0 fully saturated rings. The first-order valence-electron chi connectivity index (χ1n) is 7.13. The van der Waals surface area contributed by atoms with Gasteiger partial charge in [0.1, 0.15) is 11.4 Å². The van der Waals surface area contributed by atoms with Gasteiger partial charge in [0, 0.05) is 12.6 Å². The molecule has 0 saturated carbocycles. The molecule has 1 heterocycles. The largest absolute Gasteiger partial charge is 0.478 e. The summed E-state index contributed by atoms with van der Waals surface area (Å²) in [6.07, 6.45) is 8.52. The van der Waals surface area contributed by atoms with Gasteiger partial charge in [-0.3, -0.25) is 4.79 Å². The van der Waals surface area contributed by atoms with Gasteiger partial charge in [-0.25, -0.2) is 9.78 Å². The number of nitrogens with one attached hydrogen (secondary N) is 1. The highest BCUT2D eigenvalue weighted by molar-refractivity contribution is 5.99. The summed E-state index contributed by atoms with van der Waals surface area (Å²) in [5, 5.41) is 11.5. The van der Waals surface area contributed by atoms with Crippen molar-refractivity contribution in [2.75, 3.05) is 5.32 Å². The number of anilines is 1. The van der Waals surface area contributed by atoms with E-state index in [9.17, 15) is 9.59 Å². The number of aromatic nitrogens is 1. The zero-order chi connectivity index (χ0) is 14.8. The van der Waals surface area contributed by atoms with Crippen LogP contribution < -0.4 is 5.32 Å². The van der Waals surface area contributed by atoms with Crippen LogP contribution in [0, 0.1) is 0 Å². The Morgan fingerprint density at radius 2 is 1.90 bits per heavy atom. The number of carboxylic acid groups (broad SMARTS) is 1. The minimum atomic E-state index is -1.09. The van der Waals surface area contributed by atoms with Crippen LogP contribution in [0.2, 0.25) is 0 Å². The van der Waals surface area contributed by atoms with Crippen LogP contribution in [0.1, 0.15) is 62.2 Å². The summed E-state index contributed by atoms with van der Waals surface area (Å²) in [6.45, 7) is 2.17. The van der Waals surface area contributed by atoms with E-state index < -0.39 is 5.97 Å². The zero-order valence-corrected chi connectivity index (χ0v) is 11.9. The summed E-state index contributed by atoms with van der Waals surface area (Å²) in [4.78, 5) is 26.6. The summed E-state index contributed by atoms with van der Waals surface area (Å²) in [6, 6.07) is 2.96. The third kappa shape index (κ3) is 5.82. The number of hydrogen-bond acceptors (Lipinski definition) is 3. The molecule has 2 N–H and O–H groups in total. The van der Waals surface area contributed by atoms with Crippen LogP contribution in [0.4, 0.5) is 5.82 Å². The molecule has 0 bridgehead atoms. The first-order valence-corrected chi connectivity index (χ1v) is 7.13. The van der Waals surface area contributed by atoms with Gasteiger partial charge in [-0.05, 0) is 18.6 Å². The number of hydrogen-bond donors (Lipinski definition) is 2. The minimum absolute atomic E-state index is 0.0174. The number of pyridine rings is 1. The van der Waals surface area contributed by atoms with Gasteiger partial charge in [-0.1, -0.05) is 39.0 Å². The maximum Gasteiger partial charge on any atom is 0.339 e. The minimum Gasteiger partial charge on any atom is -0.478 e. The Kier molecular flexibility index (Phi) is 7.32. The normalized spacial score (nSPS) is 10.2. The molecule has 20 heavy (non-hydrogen) atoms. The number of rotatable bonds is 9. The molecule has 1 aromatic rings. The van der Waals surface area contributed by atoms with Gasteiger partial charge >= 0.3 is 5.97 Å². The maximum absolute atomic E-state index is 11.7. The molecule has 0 aromatic carbocycles. The summed E-state index contributed by atoms with van der Waals surface area (Å²) >= 11 is 0. The average Bonchev–Trinajstić information content (AvgIpc) is 2.43. The standard InChI is InChI=1S/C15H22N2O3/c1-2-3-4-5-6-7-10-13(18)17-14-12(15(19)20)9-8-11-16-14/h8-9,11H,2-7,10H2,1H3,(H,19,20)(H,16,17,18). The van der Waals surface area contributed by atoms with E-state index >= 15 is 0 Å². The number of nitrogens with zero attached hydrogens (tertiary/aromatic N) is 1. The predicted molar refractivity (Wildman–Crippen MR) is 77.8 cm³/mol. The van der Waals surface area contributed by atoms with Gasteiger partial charge in [0.05, 0.1) is 0 Å². The van der Waals surface area contributed by atoms with Crippen molar-refractivity contribution in [3.05, 3.63) is 23.9 Å². The molecule has 5 nitrogen and oxygen atoms in total. The van der Waals surface area contributed by atoms with Crippen LogP contribution in [0.25, 0.3) is 0 Å². The Morgan fingerprint density at radius 3 is 2.60 bits per heavy atom. The van der Waals surface area contributed by atoms with Gasteiger partial charge in [-0.15, -0.1) is 0 Å². The van der Waals surface area contributed by atoms with Crippen molar-refractivity contribution in [2.45, 2.75) is 51.9 Å². The molecule has 0 aliphatic rings. The van der Waals surface area contributed by atoms with Crippen molar-refractivity contribution in [1.29, 1.82) is 0 Å². The highest BCUT2D eigenvalue weighted by Gasteiger charge is 2.12. The number of unbranched alkanes of at least 4 members (excludes halogenated alkanes) is 5. The fourth-order valence-electron chi connectivity index (χ4n) is 1.94. The van der Waals surface area contributed by atoms with Crippen LogP contribution in [0.5, 0.6) is 0 Å². The van der Waals surface area contributed by atoms with E-state index in [4.69, 9.17) is 5.11 Å². The lowest BCUT2D eigenvalue weighted by atomic mass is 10.1. The van der Waals surface area contributed by atoms with E-state index in [-0.39, 0.29) is 17.3 Å². The van der Waals surface area contributed by atoms with Gasteiger partial charge in [0.2, 0.25) is 5.91 Å². The third-order valence-corrected chi connectivity index (χ3v) is 3.05. The average molecular weight is 278 g/mol. The quantitative estimate of drug-likeness (QED) is 0.678. The lowest BCUT2D eigenvalue weighted by Crippen LogP contribution is -2.15. The fraction of sp³-hybridized carbons (Fsp3) is 0.533. The smallest absolute Gasteiger partial charge is 0.339 e. The molecule has 0 spiro atoms. The highest BCUT2D eigenvalue weighted by atomic mass is 16.4. The van der Waals surface area contributed by atoms with E-state index in [1.807, 2.05) is 0 Å². The molecule has 0 aliphatic heterocycles. The molecular formula is C15H22N2O3. The number of carbonyl (C=O) groups is 2. The van der Waals surface area contributed by atoms with E-state index in [0.717, 1.165) is 19.3 Å². The molecular weight excluding hydrogens is 256 g/mol. The van der Waals surface area contributed by atoms with Crippen molar-refractivity contribution in [1.82, 2.24) is 4.98 Å². The maximum atomic E-state index is 11.7. The molecule has 0 saturated heterocycles. The molecule has 1 rings (SSSR count). The summed E-state index contributed by atoms with van der Waals surface area (Å²) < 4.78 is 0. The number of carbonyl (C=O) groups excluding carboxylic acids is 1. The second-order valence-electron chi connectivity index (χ2n) is 4.77. The van der Waals surface area contributed by atoms with Crippen molar-refractivity contribution < 1.29 is 14.7 Å². The SMILES string of the molecule is CCCCCCCCC(=O)Nc1ncccc1C(=O)O. The Hall–Kier alpha value is -1.91. The Labute approximate surface area is 119 Å². The highest BCUT2D eigenvalue weighted by Crippen LogP contribution is 2.13. The van der Waals surface area contributed by atoms with Crippen LogP contribution in [-0.2, 0) is 4.79 Å². The second kappa shape index (κ2) is 9.07. The molecule has 5 heteroatoms. The number of amides is 1. The lowest BCUT2D eigenvalue weighted by molar-refractivity contribution is -0.116. The van der Waals surface area contributed by atoms with E-state index in [2.05, 4.69) is 17.2 Å². The van der Waals surface area contributed by atoms with Crippen LogP contribution >= 0.6 is 0 Å². The fourth-order valence-corrected chi connectivity index (χ4v) is 1.94. The van der Waals surface area contributed by atoms with Crippen molar-refractivity contribution in [3.8, 4) is 0 Å². The number of carboxylic acids is 1. The summed E-state index contributed by atoms with van der Waals surface area (Å²) in [5.41, 5.74) is 0.0174. The van der Waals surface area contributed by atoms with Crippen LogP contribution in [0.15, 0.2) is 18.3 Å². The molecule has 110 valence electrons. The van der Waals surface area contributed by atoms with E-state index in [1.54, 1.807) is 0 Å². The van der Waals surface area contributed by atoms with Gasteiger partial charge in [0.25, 0.3) is 0 Å². The number of aromatic carboxylic acids is 1. The second-order valence-corrected chi connectivity index (χ2v) is 4.77. The molecule has 0 atom stereocenters. The van der Waals surface area contributed by atoms with Gasteiger partial charge < -0.3 is 10.4 Å². The predicted octanol–water partition coefficient (Wildman–Crippen LogP) is 3.47. The Morgan fingerprint density at radius 1 is 1.20 bits per heavy atom. The van der Waals surface area contributed by atoms with Crippen molar-refractivity contribution in [2.24, 2.45) is 0 Å². The van der Waals surface area contributed by atoms with Gasteiger partial charge in [-0.2, -0.15) is 0 Å². The Bertz CT molecular complexity index is 446.